The first-order valence-electron chi connectivity index (χ1n) is 6.09. The third-order valence-corrected chi connectivity index (χ3v) is 3.20. The molecule has 2 nitrogen and oxygen atoms in total. The lowest BCUT2D eigenvalue weighted by Crippen LogP contribution is -2.23. The fourth-order valence-corrected chi connectivity index (χ4v) is 2.21. The van der Waals surface area contributed by atoms with Crippen LogP contribution in [0.25, 0.3) is 0 Å². The maximum absolute atomic E-state index is 5.88. The number of ether oxygens (including phenoxy) is 1. The van der Waals surface area contributed by atoms with Crippen molar-refractivity contribution < 1.29 is 4.74 Å². The van der Waals surface area contributed by atoms with Crippen LogP contribution in [0.2, 0.25) is 0 Å². The molecule has 0 unspecified atom stereocenters. The highest BCUT2D eigenvalue weighted by molar-refractivity contribution is 4.83. The van der Waals surface area contributed by atoms with E-state index in [2.05, 4.69) is 19.2 Å². The van der Waals surface area contributed by atoms with Crippen molar-refractivity contribution in [2.75, 3.05) is 13.2 Å². The molecule has 1 N–H and O–H groups in total. The molecule has 0 spiro atoms. The van der Waals surface area contributed by atoms with E-state index in [1.807, 2.05) is 0 Å². The van der Waals surface area contributed by atoms with Gasteiger partial charge in [0.2, 0.25) is 0 Å². The van der Waals surface area contributed by atoms with Gasteiger partial charge in [-0.3, -0.25) is 0 Å². The predicted molar refractivity (Wildman–Crippen MR) is 58.3 cm³/mol. The van der Waals surface area contributed by atoms with Gasteiger partial charge < -0.3 is 10.1 Å². The van der Waals surface area contributed by atoms with E-state index in [1.54, 1.807) is 0 Å². The Balaban J connectivity index is 1.60. The van der Waals surface area contributed by atoms with Crippen LogP contribution in [-0.4, -0.2) is 25.3 Å². The molecule has 2 atom stereocenters. The third-order valence-electron chi connectivity index (χ3n) is 3.20. The van der Waals surface area contributed by atoms with Gasteiger partial charge in [-0.1, -0.05) is 13.8 Å². The van der Waals surface area contributed by atoms with Crippen LogP contribution in [0.3, 0.4) is 0 Å². The number of rotatable bonds is 5. The predicted octanol–water partition coefficient (Wildman–Crippen LogP) is 2.19. The average Bonchev–Trinajstić information content (AvgIpc) is 2.84. The number of hydrogen-bond donors (Lipinski definition) is 1. The normalized spacial score (nSPS) is 32.8. The maximum atomic E-state index is 5.88. The average molecular weight is 197 g/mol. The van der Waals surface area contributed by atoms with Crippen LogP contribution in [0.4, 0.5) is 0 Å². The van der Waals surface area contributed by atoms with Gasteiger partial charge in [-0.25, -0.2) is 0 Å². The fraction of sp³-hybridized carbons (Fsp3) is 1.00. The Morgan fingerprint density at radius 2 is 2.14 bits per heavy atom. The molecule has 2 rings (SSSR count). The van der Waals surface area contributed by atoms with Crippen LogP contribution in [0.15, 0.2) is 0 Å². The smallest absolute Gasteiger partial charge is 0.0714 e. The Hall–Kier alpha value is -0.0800. The minimum absolute atomic E-state index is 0.499. The van der Waals surface area contributed by atoms with Crippen molar-refractivity contribution >= 4 is 0 Å². The SMILES string of the molecule is CC(C)C[C@@H]1C[C@H](OCC2CC2)CN1. The zero-order valence-electron chi connectivity index (χ0n) is 9.46. The molecule has 2 aliphatic rings. The summed E-state index contributed by atoms with van der Waals surface area (Å²) in [4.78, 5) is 0. The van der Waals surface area contributed by atoms with E-state index in [4.69, 9.17) is 4.74 Å². The largest absolute Gasteiger partial charge is 0.377 e. The molecule has 0 aromatic rings. The standard InChI is InChI=1S/C12H23NO/c1-9(2)5-11-6-12(7-13-11)14-8-10-3-4-10/h9-13H,3-8H2,1-2H3/t11-,12+/m1/s1. The second kappa shape index (κ2) is 4.63. The Morgan fingerprint density at radius 1 is 1.36 bits per heavy atom. The minimum Gasteiger partial charge on any atom is -0.377 e. The molecule has 1 heterocycles. The van der Waals surface area contributed by atoms with Gasteiger partial charge in [-0.2, -0.15) is 0 Å². The molecule has 1 aliphatic heterocycles. The summed E-state index contributed by atoms with van der Waals surface area (Å²) in [6.45, 7) is 6.67. The molecule has 82 valence electrons. The van der Waals surface area contributed by atoms with E-state index in [0.717, 1.165) is 25.0 Å². The van der Waals surface area contributed by atoms with Crippen molar-refractivity contribution in [3.63, 3.8) is 0 Å². The van der Waals surface area contributed by atoms with Gasteiger partial charge >= 0.3 is 0 Å². The molecule has 0 amide bonds. The van der Waals surface area contributed by atoms with Gasteiger partial charge in [0.1, 0.15) is 0 Å². The topological polar surface area (TPSA) is 21.3 Å². The highest BCUT2D eigenvalue weighted by Gasteiger charge is 2.28. The van der Waals surface area contributed by atoms with Gasteiger partial charge in [-0.05, 0) is 37.5 Å². The summed E-state index contributed by atoms with van der Waals surface area (Å²) in [5, 5.41) is 3.56. The summed E-state index contributed by atoms with van der Waals surface area (Å²) in [5.41, 5.74) is 0. The van der Waals surface area contributed by atoms with E-state index in [0.29, 0.717) is 12.1 Å². The van der Waals surface area contributed by atoms with Gasteiger partial charge in [0.15, 0.2) is 0 Å². The quantitative estimate of drug-likeness (QED) is 0.729. The van der Waals surface area contributed by atoms with Crippen LogP contribution in [0.5, 0.6) is 0 Å². The lowest BCUT2D eigenvalue weighted by atomic mass is 10.0. The maximum Gasteiger partial charge on any atom is 0.0714 e. The summed E-state index contributed by atoms with van der Waals surface area (Å²) in [7, 11) is 0. The van der Waals surface area contributed by atoms with Crippen LogP contribution < -0.4 is 5.32 Å². The molecular formula is C12H23NO. The zero-order chi connectivity index (χ0) is 9.97. The molecule has 1 saturated heterocycles. The first-order chi connectivity index (χ1) is 6.74. The third kappa shape index (κ3) is 3.25. The Labute approximate surface area is 87.4 Å². The molecule has 1 aliphatic carbocycles. The summed E-state index contributed by atoms with van der Waals surface area (Å²) in [6.07, 6.45) is 5.82. The van der Waals surface area contributed by atoms with Crippen molar-refractivity contribution in [1.82, 2.24) is 5.32 Å². The van der Waals surface area contributed by atoms with E-state index in [-0.39, 0.29) is 0 Å². The van der Waals surface area contributed by atoms with Crippen LogP contribution in [0.1, 0.15) is 39.5 Å². The van der Waals surface area contributed by atoms with Crippen LogP contribution >= 0.6 is 0 Å². The van der Waals surface area contributed by atoms with Crippen LogP contribution in [-0.2, 0) is 4.74 Å². The monoisotopic (exact) mass is 197 g/mol. The molecule has 14 heavy (non-hydrogen) atoms. The summed E-state index contributed by atoms with van der Waals surface area (Å²) in [6, 6.07) is 0.708. The first-order valence-corrected chi connectivity index (χ1v) is 6.09. The van der Waals surface area contributed by atoms with E-state index in [1.165, 1.54) is 25.7 Å². The number of nitrogens with one attached hydrogen (secondary N) is 1. The number of hydrogen-bond acceptors (Lipinski definition) is 2. The molecular weight excluding hydrogens is 174 g/mol. The summed E-state index contributed by atoms with van der Waals surface area (Å²) < 4.78 is 5.88. The Bertz CT molecular complexity index is 177. The Kier molecular flexibility index (Phi) is 3.45. The molecule has 0 bridgehead atoms. The van der Waals surface area contributed by atoms with Crippen LogP contribution in [0, 0.1) is 11.8 Å². The summed E-state index contributed by atoms with van der Waals surface area (Å²) >= 11 is 0. The van der Waals surface area contributed by atoms with Gasteiger partial charge in [0, 0.05) is 19.2 Å². The molecule has 1 saturated carbocycles. The zero-order valence-corrected chi connectivity index (χ0v) is 9.46. The lowest BCUT2D eigenvalue weighted by molar-refractivity contribution is 0.0574. The molecule has 0 aromatic carbocycles. The molecule has 2 fully saturated rings. The van der Waals surface area contributed by atoms with E-state index in [9.17, 15) is 0 Å². The summed E-state index contributed by atoms with van der Waals surface area (Å²) in [5.74, 6) is 1.70. The highest BCUT2D eigenvalue weighted by atomic mass is 16.5. The van der Waals surface area contributed by atoms with Crippen molar-refractivity contribution in [3.8, 4) is 0 Å². The van der Waals surface area contributed by atoms with Gasteiger partial charge in [-0.15, -0.1) is 0 Å². The van der Waals surface area contributed by atoms with Gasteiger partial charge in [0.05, 0.1) is 6.10 Å². The molecule has 2 heteroatoms. The fourth-order valence-electron chi connectivity index (χ4n) is 2.21. The molecule has 0 radical (unpaired) electrons. The Morgan fingerprint density at radius 3 is 2.79 bits per heavy atom. The highest BCUT2D eigenvalue weighted by Crippen LogP contribution is 2.30. The minimum atomic E-state index is 0.499. The van der Waals surface area contributed by atoms with Crippen molar-refractivity contribution in [3.05, 3.63) is 0 Å². The van der Waals surface area contributed by atoms with E-state index >= 15 is 0 Å². The van der Waals surface area contributed by atoms with Crippen molar-refractivity contribution in [2.24, 2.45) is 11.8 Å². The molecule has 0 aromatic heterocycles. The second-order valence-electron chi connectivity index (χ2n) is 5.37. The first kappa shape index (κ1) is 10.4. The van der Waals surface area contributed by atoms with Crippen molar-refractivity contribution in [2.45, 2.75) is 51.7 Å². The second-order valence-corrected chi connectivity index (χ2v) is 5.37. The van der Waals surface area contributed by atoms with Gasteiger partial charge in [0.25, 0.3) is 0 Å². The van der Waals surface area contributed by atoms with E-state index < -0.39 is 0 Å². The van der Waals surface area contributed by atoms with Crippen molar-refractivity contribution in [1.29, 1.82) is 0 Å². The lowest BCUT2D eigenvalue weighted by Gasteiger charge is -2.13.